The molecule has 0 spiro atoms. The van der Waals surface area contributed by atoms with E-state index in [2.05, 4.69) is 75.4 Å². The molecule has 2 aliphatic carbocycles. The Hall–Kier alpha value is -1.82. The molecule has 0 heterocycles. The van der Waals surface area contributed by atoms with Crippen LogP contribution in [0.25, 0.3) is 16.3 Å². The second-order valence-corrected chi connectivity index (χ2v) is 7.75. The number of hydrogen-bond donors (Lipinski definition) is 0. The second kappa shape index (κ2) is 5.67. The van der Waals surface area contributed by atoms with Crippen molar-refractivity contribution in [1.82, 2.24) is 0 Å². The highest BCUT2D eigenvalue weighted by atomic mass is 14.4. The molecule has 3 unspecified atom stereocenters. The predicted octanol–water partition coefficient (Wildman–Crippen LogP) is 6.48. The Labute approximate surface area is 139 Å². The normalized spacial score (nSPS) is 27.0. The Kier molecular flexibility index (Phi) is 3.64. The molecule has 2 aliphatic rings. The van der Waals surface area contributed by atoms with Gasteiger partial charge in [0.2, 0.25) is 0 Å². The van der Waals surface area contributed by atoms with Gasteiger partial charge in [0.25, 0.3) is 0 Å². The van der Waals surface area contributed by atoms with Crippen molar-refractivity contribution in [2.75, 3.05) is 0 Å². The van der Waals surface area contributed by atoms with Crippen molar-refractivity contribution in [2.45, 2.75) is 33.6 Å². The second-order valence-electron chi connectivity index (χ2n) is 7.75. The Morgan fingerprint density at radius 1 is 0.957 bits per heavy atom. The molecule has 4 rings (SSSR count). The first-order valence-electron chi connectivity index (χ1n) is 9.04. The lowest BCUT2D eigenvalue weighted by molar-refractivity contribution is 0.392. The van der Waals surface area contributed by atoms with Gasteiger partial charge in [-0.3, -0.25) is 0 Å². The quantitative estimate of drug-likeness (QED) is 0.557. The summed E-state index contributed by atoms with van der Waals surface area (Å²) < 4.78 is 0. The topological polar surface area (TPSA) is 0 Å². The van der Waals surface area contributed by atoms with E-state index in [1.807, 2.05) is 0 Å². The SMILES string of the molecule is CC1C=C2CC(C(C)C)CC2C(c2cccc3ccccc23)=C1. The summed E-state index contributed by atoms with van der Waals surface area (Å²) in [5.41, 5.74) is 4.73. The van der Waals surface area contributed by atoms with Gasteiger partial charge in [0, 0.05) is 5.92 Å². The van der Waals surface area contributed by atoms with Crippen molar-refractivity contribution in [3.63, 3.8) is 0 Å². The molecule has 0 radical (unpaired) electrons. The van der Waals surface area contributed by atoms with Gasteiger partial charge < -0.3 is 0 Å². The third-order valence-electron chi connectivity index (χ3n) is 5.82. The number of fused-ring (bicyclic) bond motifs is 2. The maximum absolute atomic E-state index is 2.53. The number of benzene rings is 2. The lowest BCUT2D eigenvalue weighted by Gasteiger charge is -2.25. The summed E-state index contributed by atoms with van der Waals surface area (Å²) in [6.07, 6.45) is 7.67. The molecule has 2 aromatic carbocycles. The average molecular weight is 302 g/mol. The van der Waals surface area contributed by atoms with E-state index >= 15 is 0 Å². The number of hydrogen-bond acceptors (Lipinski definition) is 0. The number of allylic oxidation sites excluding steroid dienone is 4. The van der Waals surface area contributed by atoms with Gasteiger partial charge in [-0.1, -0.05) is 81.0 Å². The summed E-state index contributed by atoms with van der Waals surface area (Å²) in [5.74, 6) is 2.83. The summed E-state index contributed by atoms with van der Waals surface area (Å²) in [7, 11) is 0. The van der Waals surface area contributed by atoms with Crippen LogP contribution in [-0.4, -0.2) is 0 Å². The number of rotatable bonds is 2. The van der Waals surface area contributed by atoms with E-state index in [1.165, 1.54) is 29.2 Å². The molecule has 3 atom stereocenters. The molecule has 0 N–H and O–H groups in total. The van der Waals surface area contributed by atoms with E-state index in [4.69, 9.17) is 0 Å². The summed E-state index contributed by atoms with van der Waals surface area (Å²) in [5, 5.41) is 2.76. The van der Waals surface area contributed by atoms with E-state index in [1.54, 1.807) is 11.1 Å². The fourth-order valence-corrected chi connectivity index (χ4v) is 4.54. The smallest absolute Gasteiger partial charge is 0.00545 e. The van der Waals surface area contributed by atoms with Crippen LogP contribution in [0.5, 0.6) is 0 Å². The zero-order valence-electron chi connectivity index (χ0n) is 14.4. The van der Waals surface area contributed by atoms with Gasteiger partial charge in [0.05, 0.1) is 0 Å². The third-order valence-corrected chi connectivity index (χ3v) is 5.82. The van der Waals surface area contributed by atoms with Crippen molar-refractivity contribution in [3.8, 4) is 0 Å². The summed E-state index contributed by atoms with van der Waals surface area (Å²) in [4.78, 5) is 0. The van der Waals surface area contributed by atoms with Crippen LogP contribution in [0, 0.1) is 23.7 Å². The maximum Gasteiger partial charge on any atom is 0.00545 e. The van der Waals surface area contributed by atoms with Gasteiger partial charge in [-0.25, -0.2) is 0 Å². The molecule has 1 saturated carbocycles. The molecule has 0 amide bonds. The van der Waals surface area contributed by atoms with Crippen LogP contribution in [0.15, 0.2) is 60.2 Å². The molecule has 1 fully saturated rings. The van der Waals surface area contributed by atoms with Gasteiger partial charge in [-0.2, -0.15) is 0 Å². The van der Waals surface area contributed by atoms with Crippen molar-refractivity contribution < 1.29 is 0 Å². The Morgan fingerprint density at radius 2 is 1.74 bits per heavy atom. The van der Waals surface area contributed by atoms with E-state index in [-0.39, 0.29) is 0 Å². The minimum Gasteiger partial charge on any atom is -0.0780 e. The molecule has 0 heteroatoms. The van der Waals surface area contributed by atoms with Crippen LogP contribution in [0.4, 0.5) is 0 Å². The van der Waals surface area contributed by atoms with Crippen LogP contribution in [-0.2, 0) is 0 Å². The molecule has 118 valence electrons. The maximum atomic E-state index is 2.53. The van der Waals surface area contributed by atoms with Gasteiger partial charge in [0.1, 0.15) is 0 Å². The molecule has 0 bridgehead atoms. The first-order chi connectivity index (χ1) is 11.1. The van der Waals surface area contributed by atoms with Crippen molar-refractivity contribution in [1.29, 1.82) is 0 Å². The highest BCUT2D eigenvalue weighted by Crippen LogP contribution is 2.50. The lowest BCUT2D eigenvalue weighted by Crippen LogP contribution is -2.09. The van der Waals surface area contributed by atoms with Crippen molar-refractivity contribution in [3.05, 3.63) is 65.8 Å². The van der Waals surface area contributed by atoms with E-state index < -0.39 is 0 Å². The highest BCUT2D eigenvalue weighted by Gasteiger charge is 2.35. The van der Waals surface area contributed by atoms with E-state index in [0.717, 1.165) is 11.8 Å². The molecule has 0 saturated heterocycles. The first kappa shape index (κ1) is 14.8. The summed E-state index contributed by atoms with van der Waals surface area (Å²) in [6.45, 7) is 7.09. The Morgan fingerprint density at radius 3 is 2.57 bits per heavy atom. The molecule has 2 aromatic rings. The average Bonchev–Trinajstić information content (AvgIpc) is 2.97. The summed E-state index contributed by atoms with van der Waals surface area (Å²) in [6, 6.07) is 15.6. The fourth-order valence-electron chi connectivity index (χ4n) is 4.54. The first-order valence-corrected chi connectivity index (χ1v) is 9.04. The molecule has 0 nitrogen and oxygen atoms in total. The zero-order chi connectivity index (χ0) is 16.0. The van der Waals surface area contributed by atoms with E-state index in [9.17, 15) is 0 Å². The van der Waals surface area contributed by atoms with Crippen LogP contribution < -0.4 is 0 Å². The molecule has 0 aliphatic heterocycles. The van der Waals surface area contributed by atoms with Crippen molar-refractivity contribution >= 4 is 16.3 Å². The van der Waals surface area contributed by atoms with Crippen LogP contribution in [0.1, 0.15) is 39.2 Å². The van der Waals surface area contributed by atoms with Crippen LogP contribution in [0.2, 0.25) is 0 Å². The van der Waals surface area contributed by atoms with Crippen molar-refractivity contribution in [2.24, 2.45) is 23.7 Å². The lowest BCUT2D eigenvalue weighted by atomic mass is 9.79. The summed E-state index contributed by atoms with van der Waals surface area (Å²) >= 11 is 0. The largest absolute Gasteiger partial charge is 0.0780 e. The van der Waals surface area contributed by atoms with Gasteiger partial charge in [-0.15, -0.1) is 0 Å². The fraction of sp³-hybridized carbons (Fsp3) is 0.391. The van der Waals surface area contributed by atoms with Crippen LogP contribution >= 0.6 is 0 Å². The molecular formula is C23H26. The van der Waals surface area contributed by atoms with Crippen LogP contribution in [0.3, 0.4) is 0 Å². The molecule has 23 heavy (non-hydrogen) atoms. The molecular weight excluding hydrogens is 276 g/mol. The minimum atomic E-state index is 0.557. The standard InChI is InChI=1S/C23H26/c1-15(2)18-13-19-11-16(3)12-23(22(19)14-18)21-10-6-8-17-7-4-5-9-20(17)21/h4-12,15-16,18,22H,13-14H2,1-3H3. The monoisotopic (exact) mass is 302 g/mol. The van der Waals surface area contributed by atoms with Gasteiger partial charge in [0.15, 0.2) is 0 Å². The Bertz CT molecular complexity index is 785. The van der Waals surface area contributed by atoms with E-state index in [0.29, 0.717) is 11.8 Å². The van der Waals surface area contributed by atoms with Gasteiger partial charge >= 0.3 is 0 Å². The van der Waals surface area contributed by atoms with Gasteiger partial charge in [-0.05, 0) is 52.5 Å². The minimum absolute atomic E-state index is 0.557. The third kappa shape index (κ3) is 2.55. The molecule has 0 aromatic heterocycles. The predicted molar refractivity (Wildman–Crippen MR) is 100 cm³/mol. The highest BCUT2D eigenvalue weighted by molar-refractivity contribution is 5.95. The Balaban J connectivity index is 1.81. The zero-order valence-corrected chi connectivity index (χ0v) is 14.4.